The summed E-state index contributed by atoms with van der Waals surface area (Å²) in [5.74, 6) is 1.24. The molecule has 0 spiro atoms. The summed E-state index contributed by atoms with van der Waals surface area (Å²) in [5.41, 5.74) is 6.08. The molecule has 0 radical (unpaired) electrons. The maximum absolute atomic E-state index is 4.76. The molecule has 0 saturated heterocycles. The lowest BCUT2D eigenvalue weighted by Gasteiger charge is -2.13. The van der Waals surface area contributed by atoms with Crippen LogP contribution in [0.3, 0.4) is 0 Å². The van der Waals surface area contributed by atoms with E-state index < -0.39 is 0 Å². The molecule has 0 unspecified atom stereocenters. The van der Waals surface area contributed by atoms with Gasteiger partial charge in [-0.3, -0.25) is 4.98 Å². The molecule has 4 heterocycles. The quantitative estimate of drug-likeness (QED) is 0.504. The Balaban J connectivity index is 1.38. The maximum atomic E-state index is 4.76. The van der Waals surface area contributed by atoms with E-state index in [4.69, 9.17) is 5.10 Å². The van der Waals surface area contributed by atoms with E-state index >= 15 is 0 Å². The highest BCUT2D eigenvalue weighted by molar-refractivity contribution is 5.82. The monoisotopic (exact) mass is 391 g/mol. The van der Waals surface area contributed by atoms with E-state index in [2.05, 4.69) is 61.9 Å². The fourth-order valence-corrected chi connectivity index (χ4v) is 3.75. The molecule has 7 nitrogen and oxygen atoms in total. The Morgan fingerprint density at radius 1 is 0.967 bits per heavy atom. The number of hydrogen-bond acceptors (Lipinski definition) is 6. The summed E-state index contributed by atoms with van der Waals surface area (Å²) in [4.78, 5) is 8.98. The van der Waals surface area contributed by atoms with Gasteiger partial charge in [-0.25, -0.2) is 4.98 Å². The lowest BCUT2D eigenvalue weighted by Crippen LogP contribution is -2.06. The fourth-order valence-electron chi connectivity index (χ4n) is 3.75. The first-order chi connectivity index (χ1) is 14.8. The number of nitrogens with zero attached hydrogens (tertiary/aromatic N) is 6. The topological polar surface area (TPSA) is 80.9 Å². The second-order valence-electron chi connectivity index (χ2n) is 7.27. The Kier molecular flexibility index (Phi) is 3.77. The predicted octanol–water partition coefficient (Wildman–Crippen LogP) is 3.76. The van der Waals surface area contributed by atoms with Crippen LogP contribution in [0.4, 0.5) is 5.69 Å². The lowest BCUT2D eigenvalue weighted by atomic mass is 10.0. The van der Waals surface area contributed by atoms with Crippen molar-refractivity contribution in [2.45, 2.75) is 6.42 Å². The van der Waals surface area contributed by atoms with Crippen LogP contribution >= 0.6 is 0 Å². The first-order valence-corrected chi connectivity index (χ1v) is 9.79. The first kappa shape index (κ1) is 16.8. The third-order valence-corrected chi connectivity index (χ3v) is 5.27. The van der Waals surface area contributed by atoms with Gasteiger partial charge < -0.3 is 5.32 Å². The van der Waals surface area contributed by atoms with Gasteiger partial charge in [0.1, 0.15) is 5.69 Å². The van der Waals surface area contributed by atoms with Gasteiger partial charge in [0.25, 0.3) is 5.78 Å². The molecule has 1 aliphatic rings. The van der Waals surface area contributed by atoms with Crippen LogP contribution in [-0.4, -0.2) is 36.3 Å². The number of para-hydroxylation sites is 1. The number of nitrogens with one attached hydrogen (secondary N) is 1. The zero-order chi connectivity index (χ0) is 19.9. The summed E-state index contributed by atoms with van der Waals surface area (Å²) in [7, 11) is 0. The number of hydrogen-bond donors (Lipinski definition) is 1. The highest BCUT2D eigenvalue weighted by atomic mass is 15.4. The van der Waals surface area contributed by atoms with Crippen LogP contribution < -0.4 is 5.32 Å². The second-order valence-corrected chi connectivity index (χ2v) is 7.27. The van der Waals surface area contributed by atoms with E-state index in [0.29, 0.717) is 12.2 Å². The minimum Gasteiger partial charge on any atom is -0.381 e. The summed E-state index contributed by atoms with van der Waals surface area (Å²) in [6.45, 7) is 0.864. The summed E-state index contributed by atoms with van der Waals surface area (Å²) in [6, 6.07) is 16.5. The Hall–Kier alpha value is -4.13. The molecule has 0 saturated carbocycles. The normalized spacial score (nSPS) is 12.8. The second kappa shape index (κ2) is 6.73. The third-order valence-electron chi connectivity index (χ3n) is 5.27. The Labute approximate surface area is 172 Å². The molecule has 0 atom stereocenters. The van der Waals surface area contributed by atoms with Crippen LogP contribution in [0.25, 0.3) is 34.0 Å². The molecule has 30 heavy (non-hydrogen) atoms. The maximum Gasteiger partial charge on any atom is 0.271 e. The predicted molar refractivity (Wildman–Crippen MR) is 116 cm³/mol. The highest BCUT2D eigenvalue weighted by Gasteiger charge is 2.13. The fraction of sp³-hybridized carbons (Fsp3) is 0.0870. The number of rotatable bonds is 3. The first-order valence-electron chi connectivity index (χ1n) is 9.79. The molecule has 144 valence electrons. The Morgan fingerprint density at radius 2 is 1.93 bits per heavy atom. The van der Waals surface area contributed by atoms with Crippen LogP contribution in [0, 0.1) is 0 Å². The molecule has 3 aromatic heterocycles. The Morgan fingerprint density at radius 3 is 2.93 bits per heavy atom. The van der Waals surface area contributed by atoms with E-state index in [0.717, 1.165) is 45.8 Å². The van der Waals surface area contributed by atoms with Crippen molar-refractivity contribution >= 4 is 28.4 Å². The van der Waals surface area contributed by atoms with Crippen molar-refractivity contribution in [2.75, 3.05) is 11.9 Å². The summed E-state index contributed by atoms with van der Waals surface area (Å²) in [6.07, 6.45) is 8.42. The standard InChI is InChI=1S/C23H17N7/c1-2-6-19-17(4-1)12-18(13-25-19)21-14-26-23-28-27-22(30(23)29-21)11-15-7-8-20-16(10-15)5-3-9-24-20/h1-8,10,12-14,24H,9,11H2. The van der Waals surface area contributed by atoms with Gasteiger partial charge in [0, 0.05) is 35.8 Å². The van der Waals surface area contributed by atoms with Gasteiger partial charge in [0.2, 0.25) is 0 Å². The molecular weight excluding hydrogens is 374 g/mol. The number of anilines is 1. The molecule has 0 amide bonds. The van der Waals surface area contributed by atoms with Gasteiger partial charge in [0.05, 0.1) is 11.7 Å². The van der Waals surface area contributed by atoms with E-state index in [1.165, 1.54) is 5.56 Å². The van der Waals surface area contributed by atoms with Crippen molar-refractivity contribution in [3.63, 3.8) is 0 Å². The SMILES string of the molecule is C1=Cc2cc(Cc3nnc4ncc(-c5cnc6ccccc6c5)nn34)ccc2NC1. The number of pyridine rings is 1. The molecule has 0 bridgehead atoms. The van der Waals surface area contributed by atoms with Crippen LogP contribution in [-0.2, 0) is 6.42 Å². The average Bonchev–Trinajstić information content (AvgIpc) is 3.20. The van der Waals surface area contributed by atoms with E-state index in [1.54, 1.807) is 10.7 Å². The summed E-state index contributed by atoms with van der Waals surface area (Å²) in [5, 5.41) is 17.7. The average molecular weight is 391 g/mol. The molecule has 5 aromatic rings. The third kappa shape index (κ3) is 2.88. The van der Waals surface area contributed by atoms with Gasteiger partial charge in [-0.2, -0.15) is 9.61 Å². The Bertz CT molecular complexity index is 1430. The zero-order valence-electron chi connectivity index (χ0n) is 16.0. The number of fused-ring (bicyclic) bond motifs is 3. The van der Waals surface area contributed by atoms with Gasteiger partial charge in [-0.15, -0.1) is 10.2 Å². The van der Waals surface area contributed by atoms with Crippen LogP contribution in [0.5, 0.6) is 0 Å². The van der Waals surface area contributed by atoms with Crippen LogP contribution in [0.1, 0.15) is 17.0 Å². The van der Waals surface area contributed by atoms with E-state index in [-0.39, 0.29) is 0 Å². The van der Waals surface area contributed by atoms with E-state index in [9.17, 15) is 0 Å². The largest absolute Gasteiger partial charge is 0.381 e. The van der Waals surface area contributed by atoms with Gasteiger partial charge in [-0.05, 0) is 35.4 Å². The van der Waals surface area contributed by atoms with Gasteiger partial charge in [-0.1, -0.05) is 36.4 Å². The van der Waals surface area contributed by atoms with Crippen molar-refractivity contribution in [3.8, 4) is 11.3 Å². The van der Waals surface area contributed by atoms with Crippen LogP contribution in [0.2, 0.25) is 0 Å². The molecule has 6 rings (SSSR count). The zero-order valence-corrected chi connectivity index (χ0v) is 16.0. The molecule has 1 N–H and O–H groups in total. The minimum atomic E-state index is 0.488. The molecule has 7 heteroatoms. The molecule has 0 aliphatic carbocycles. The molecular formula is C23H17N7. The van der Waals surface area contributed by atoms with Crippen molar-refractivity contribution < 1.29 is 0 Å². The van der Waals surface area contributed by atoms with Gasteiger partial charge >= 0.3 is 0 Å². The summed E-state index contributed by atoms with van der Waals surface area (Å²) >= 11 is 0. The molecule has 1 aliphatic heterocycles. The summed E-state index contributed by atoms with van der Waals surface area (Å²) < 4.78 is 1.72. The van der Waals surface area contributed by atoms with Crippen molar-refractivity contribution in [2.24, 2.45) is 0 Å². The molecule has 2 aromatic carbocycles. The van der Waals surface area contributed by atoms with Crippen molar-refractivity contribution in [3.05, 3.63) is 84.0 Å². The number of aromatic nitrogens is 6. The molecule has 0 fully saturated rings. The highest BCUT2D eigenvalue weighted by Crippen LogP contribution is 2.24. The smallest absolute Gasteiger partial charge is 0.271 e. The van der Waals surface area contributed by atoms with E-state index in [1.807, 2.05) is 30.5 Å². The van der Waals surface area contributed by atoms with Crippen molar-refractivity contribution in [1.82, 2.24) is 29.8 Å². The van der Waals surface area contributed by atoms with Gasteiger partial charge in [0.15, 0.2) is 5.82 Å². The van der Waals surface area contributed by atoms with Crippen LogP contribution in [0.15, 0.2) is 67.0 Å². The lowest BCUT2D eigenvalue weighted by molar-refractivity contribution is 0.830. The van der Waals surface area contributed by atoms with Crippen molar-refractivity contribution in [1.29, 1.82) is 0 Å². The minimum absolute atomic E-state index is 0.488. The number of benzene rings is 2.